The summed E-state index contributed by atoms with van der Waals surface area (Å²) >= 11 is 0. The second-order valence-corrected chi connectivity index (χ2v) is 3.15. The monoisotopic (exact) mass is 170 g/mol. The van der Waals surface area contributed by atoms with Gasteiger partial charge in [-0.2, -0.15) is 0 Å². The maximum absolute atomic E-state index is 3.00. The molecule has 0 fully saturated rings. The lowest BCUT2D eigenvalue weighted by molar-refractivity contribution is 0.457. The predicted molar refractivity (Wildman–Crippen MR) is 61.4 cm³/mol. The molecule has 0 aromatic rings. The van der Waals surface area contributed by atoms with E-state index in [1.54, 1.807) is 0 Å². The summed E-state index contributed by atoms with van der Waals surface area (Å²) in [5.41, 5.74) is 0. The van der Waals surface area contributed by atoms with E-state index in [4.69, 9.17) is 0 Å². The van der Waals surface area contributed by atoms with Gasteiger partial charge >= 0.3 is 0 Å². The van der Waals surface area contributed by atoms with Crippen molar-refractivity contribution in [2.45, 2.75) is 41.5 Å². The highest BCUT2D eigenvalue weighted by atomic mass is 14.0. The Kier molecular flexibility index (Phi) is 24.6. The molecule has 0 unspecified atom stereocenters. The Balaban J connectivity index is -0.000000118. The third-order valence-electron chi connectivity index (χ3n) is 1.67. The van der Waals surface area contributed by atoms with Gasteiger partial charge in [-0.05, 0) is 25.7 Å². The molecule has 0 radical (unpaired) electrons. The summed E-state index contributed by atoms with van der Waals surface area (Å²) in [6.45, 7) is 19.0. The molecular formula is C12H26. The third-order valence-corrected chi connectivity index (χ3v) is 1.67. The first-order chi connectivity index (χ1) is 5.56. The molecule has 0 aromatic heterocycles. The molecule has 0 atom stereocenters. The minimum Gasteiger partial charge on any atom is -0.106 e. The van der Waals surface area contributed by atoms with Crippen molar-refractivity contribution in [2.24, 2.45) is 11.8 Å². The molecule has 0 aliphatic carbocycles. The number of allylic oxidation sites excluding steroid dienone is 2. The van der Waals surface area contributed by atoms with E-state index in [0.717, 1.165) is 11.8 Å². The van der Waals surface area contributed by atoms with Crippen LogP contribution in [0.15, 0.2) is 25.3 Å². The lowest BCUT2D eigenvalue weighted by Gasteiger charge is -2.05. The average Bonchev–Trinajstić information content (AvgIpc) is 2.08. The van der Waals surface area contributed by atoms with Crippen LogP contribution in [0.2, 0.25) is 0 Å². The maximum atomic E-state index is 3.00. The first-order valence-electron chi connectivity index (χ1n) is 4.63. The van der Waals surface area contributed by atoms with Crippen LogP contribution in [0.25, 0.3) is 0 Å². The molecule has 0 N–H and O–H groups in total. The van der Waals surface area contributed by atoms with E-state index in [0.29, 0.717) is 0 Å². The largest absolute Gasteiger partial charge is 0.106 e. The van der Waals surface area contributed by atoms with Gasteiger partial charge in [0, 0.05) is 0 Å². The average molecular weight is 170 g/mol. The summed E-state index contributed by atoms with van der Waals surface area (Å²) in [5, 5.41) is 0. The Morgan fingerprint density at radius 3 is 0.917 bits per heavy atom. The van der Waals surface area contributed by atoms with Crippen molar-refractivity contribution in [1.29, 1.82) is 0 Å². The highest BCUT2D eigenvalue weighted by Gasteiger charge is 1.95. The fraction of sp³-hybridized carbons (Fsp3) is 0.667. The number of hydrogen-bond donors (Lipinski definition) is 0. The van der Waals surface area contributed by atoms with Crippen molar-refractivity contribution in [3.63, 3.8) is 0 Å². The summed E-state index contributed by atoms with van der Waals surface area (Å²) in [7, 11) is 0. The van der Waals surface area contributed by atoms with Gasteiger partial charge in [0.25, 0.3) is 0 Å². The topological polar surface area (TPSA) is 0 Å². The van der Waals surface area contributed by atoms with Gasteiger partial charge in [0.2, 0.25) is 0 Å². The molecule has 0 bridgehead atoms. The SMILES string of the molecule is C=C.CC(C)C(C)C.CC=CC. The molecule has 0 rings (SSSR count). The lowest BCUT2D eigenvalue weighted by atomic mass is 10.0. The molecule has 0 heteroatoms. The van der Waals surface area contributed by atoms with E-state index in [1.165, 1.54) is 0 Å². The zero-order valence-corrected chi connectivity index (χ0v) is 9.72. The van der Waals surface area contributed by atoms with Crippen LogP contribution in [0, 0.1) is 11.8 Å². The Morgan fingerprint density at radius 1 is 0.750 bits per heavy atom. The summed E-state index contributed by atoms with van der Waals surface area (Å²) in [5.74, 6) is 1.70. The van der Waals surface area contributed by atoms with Crippen LogP contribution in [0.3, 0.4) is 0 Å². The normalized spacial score (nSPS) is 9.00. The van der Waals surface area contributed by atoms with Gasteiger partial charge < -0.3 is 0 Å². The van der Waals surface area contributed by atoms with Crippen molar-refractivity contribution < 1.29 is 0 Å². The van der Waals surface area contributed by atoms with E-state index < -0.39 is 0 Å². The van der Waals surface area contributed by atoms with Crippen LogP contribution in [0.5, 0.6) is 0 Å². The summed E-state index contributed by atoms with van der Waals surface area (Å²) in [4.78, 5) is 0. The summed E-state index contributed by atoms with van der Waals surface area (Å²) in [6, 6.07) is 0. The van der Waals surface area contributed by atoms with E-state index >= 15 is 0 Å². The van der Waals surface area contributed by atoms with Crippen LogP contribution in [-0.4, -0.2) is 0 Å². The summed E-state index contributed by atoms with van der Waals surface area (Å²) in [6.07, 6.45) is 4.00. The fourth-order valence-corrected chi connectivity index (χ4v) is 0. The van der Waals surface area contributed by atoms with Gasteiger partial charge in [-0.25, -0.2) is 0 Å². The van der Waals surface area contributed by atoms with Crippen LogP contribution >= 0.6 is 0 Å². The van der Waals surface area contributed by atoms with Gasteiger partial charge in [-0.3, -0.25) is 0 Å². The van der Waals surface area contributed by atoms with Gasteiger partial charge in [-0.15, -0.1) is 13.2 Å². The second-order valence-electron chi connectivity index (χ2n) is 3.15. The Labute approximate surface area is 79.4 Å². The number of hydrogen-bond acceptors (Lipinski definition) is 0. The molecule has 0 saturated heterocycles. The molecule has 0 saturated carbocycles. The Hall–Kier alpha value is -0.520. The van der Waals surface area contributed by atoms with Crippen LogP contribution in [0.1, 0.15) is 41.5 Å². The van der Waals surface area contributed by atoms with Gasteiger partial charge in [0.05, 0.1) is 0 Å². The van der Waals surface area contributed by atoms with E-state index in [1.807, 2.05) is 26.0 Å². The van der Waals surface area contributed by atoms with Crippen molar-refractivity contribution >= 4 is 0 Å². The van der Waals surface area contributed by atoms with E-state index in [9.17, 15) is 0 Å². The highest BCUT2D eigenvalue weighted by Crippen LogP contribution is 2.05. The smallest absolute Gasteiger partial charge is 0.0448 e. The van der Waals surface area contributed by atoms with Crippen LogP contribution in [0.4, 0.5) is 0 Å². The minimum absolute atomic E-state index is 0.852. The molecule has 12 heavy (non-hydrogen) atoms. The number of rotatable bonds is 1. The van der Waals surface area contributed by atoms with Gasteiger partial charge in [0.15, 0.2) is 0 Å². The molecular weight excluding hydrogens is 144 g/mol. The first kappa shape index (κ1) is 17.5. The van der Waals surface area contributed by atoms with Gasteiger partial charge in [-0.1, -0.05) is 39.8 Å². The Morgan fingerprint density at radius 2 is 0.917 bits per heavy atom. The van der Waals surface area contributed by atoms with E-state index in [2.05, 4.69) is 40.9 Å². The standard InChI is InChI=1S/C6H14.C4H8.C2H4/c1-5(2)6(3)4;1-3-4-2;1-2/h5-6H,1-4H3;3-4H,1-2H3;1-2H2. The zero-order chi connectivity index (χ0) is 10.6. The summed E-state index contributed by atoms with van der Waals surface area (Å²) < 4.78 is 0. The molecule has 0 heterocycles. The molecule has 0 aliphatic rings. The lowest BCUT2D eigenvalue weighted by Crippen LogP contribution is -1.95. The zero-order valence-electron chi connectivity index (χ0n) is 9.72. The van der Waals surface area contributed by atoms with Crippen molar-refractivity contribution in [1.82, 2.24) is 0 Å². The molecule has 0 amide bonds. The molecule has 0 spiro atoms. The predicted octanol–water partition coefficient (Wildman–Crippen LogP) is 4.68. The van der Waals surface area contributed by atoms with Crippen molar-refractivity contribution in [2.75, 3.05) is 0 Å². The van der Waals surface area contributed by atoms with Crippen molar-refractivity contribution in [3.8, 4) is 0 Å². The first-order valence-corrected chi connectivity index (χ1v) is 4.63. The maximum Gasteiger partial charge on any atom is -0.0448 e. The molecule has 0 aliphatic heterocycles. The molecule has 0 nitrogen and oxygen atoms in total. The molecule has 0 aromatic carbocycles. The van der Waals surface area contributed by atoms with Crippen LogP contribution < -0.4 is 0 Å². The molecule has 74 valence electrons. The third kappa shape index (κ3) is 34.0. The van der Waals surface area contributed by atoms with Crippen LogP contribution in [-0.2, 0) is 0 Å². The minimum atomic E-state index is 0.852. The van der Waals surface area contributed by atoms with Gasteiger partial charge in [0.1, 0.15) is 0 Å². The second kappa shape index (κ2) is 16.8. The highest BCUT2D eigenvalue weighted by molar-refractivity contribution is 4.68. The Bertz CT molecular complexity index is 68.0. The van der Waals surface area contributed by atoms with Crippen molar-refractivity contribution in [3.05, 3.63) is 25.3 Å². The van der Waals surface area contributed by atoms with E-state index in [-0.39, 0.29) is 0 Å². The quantitative estimate of drug-likeness (QED) is 0.501. The fourth-order valence-electron chi connectivity index (χ4n) is 0.